The van der Waals surface area contributed by atoms with E-state index in [2.05, 4.69) is 41.0 Å². The Bertz CT molecular complexity index is 1540. The third-order valence-corrected chi connectivity index (χ3v) is 14.6. The maximum absolute atomic E-state index is 14.9. The molecule has 0 bridgehead atoms. The van der Waals surface area contributed by atoms with Gasteiger partial charge in [-0.05, 0) is 110 Å². The molecule has 5 fully saturated rings. The lowest BCUT2D eigenvalue weighted by Crippen LogP contribution is -2.64. The summed E-state index contributed by atoms with van der Waals surface area (Å²) >= 11 is 0. The maximum atomic E-state index is 14.9. The Morgan fingerprint density at radius 1 is 1.02 bits per heavy atom. The Kier molecular flexibility index (Phi) is 7.99. The molecule has 6 rings (SSSR count). The van der Waals surface area contributed by atoms with Gasteiger partial charge in [0.05, 0.1) is 11.0 Å². The number of rotatable bonds is 7. The predicted octanol–water partition coefficient (Wildman–Crippen LogP) is 6.35. The molecule has 0 saturated heterocycles. The number of nitrogens with one attached hydrogen (secondary N) is 1. The fourth-order valence-electron chi connectivity index (χ4n) is 11.9. The molecule has 10 heteroatoms. The van der Waals surface area contributed by atoms with Gasteiger partial charge in [-0.1, -0.05) is 52.8 Å². The minimum Gasteiger partial charge on any atom is -0.458 e. The van der Waals surface area contributed by atoms with E-state index < -0.39 is 33.6 Å². The van der Waals surface area contributed by atoms with Gasteiger partial charge in [0.2, 0.25) is 11.8 Å². The number of amides is 2. The van der Waals surface area contributed by atoms with Crippen LogP contribution in [0.2, 0.25) is 0 Å². The Labute approximate surface area is 278 Å². The van der Waals surface area contributed by atoms with Crippen LogP contribution in [-0.2, 0) is 19.1 Å². The van der Waals surface area contributed by atoms with Gasteiger partial charge in [0.15, 0.2) is 0 Å². The number of fused-ring (bicyclic) bond motifs is 2. The summed E-state index contributed by atoms with van der Waals surface area (Å²) < 4.78 is 6.42. The molecular formula is C37H51N5O5. The fourth-order valence-corrected chi connectivity index (χ4v) is 11.9. The van der Waals surface area contributed by atoms with Crippen molar-refractivity contribution in [1.29, 1.82) is 0 Å². The van der Waals surface area contributed by atoms with Crippen molar-refractivity contribution < 1.29 is 23.9 Å². The SMILES string of the molecule is CC(C)C(=O)N[C@H]1CC[C@]23C[C@@]24C(=O)C[C@]2(C)[C@@H]([C@H](C)N(C)C)[C@H](OC(=O)c5ccccc5)C[C@@]2(C)[C@@H]4CC[C@H]3[C@]1(C)C(=O)N=[N+]=[N-]. The standard InChI is InChI=1S/C37H51N5O5/c1-21(2)30(44)39-27-16-17-36-20-37(36)25(14-15-26(36)35(27,6)32(46)40-41-38)33(4)18-24(47-31(45)23-12-10-9-11-13-23)29(22(3)42(7)8)34(33,5)19-28(37)43/h9-13,21-22,24-27,29H,14-20H2,1-8H3,(H,39,44)/t22-,24+,25-,26-,27-,29-,33-,34+,35-,36+,37+/m0/s1. The van der Waals surface area contributed by atoms with Gasteiger partial charge in [-0.2, -0.15) is 0 Å². The Morgan fingerprint density at radius 2 is 1.68 bits per heavy atom. The first-order valence-electron chi connectivity index (χ1n) is 17.4. The van der Waals surface area contributed by atoms with Crippen molar-refractivity contribution in [2.24, 2.45) is 55.9 Å². The molecule has 254 valence electrons. The highest BCUT2D eigenvalue weighted by Gasteiger charge is 2.87. The summed E-state index contributed by atoms with van der Waals surface area (Å²) in [5.41, 5.74) is 7.06. The van der Waals surface area contributed by atoms with Gasteiger partial charge in [0.1, 0.15) is 11.9 Å². The molecular weight excluding hydrogens is 594 g/mol. The summed E-state index contributed by atoms with van der Waals surface area (Å²) in [6.45, 7) is 12.3. The number of hydrogen-bond donors (Lipinski definition) is 1. The van der Waals surface area contributed by atoms with Crippen molar-refractivity contribution in [3.8, 4) is 0 Å². The summed E-state index contributed by atoms with van der Waals surface area (Å²) in [5, 5.41) is 6.76. The molecule has 1 aromatic rings. The van der Waals surface area contributed by atoms with E-state index in [0.29, 0.717) is 37.7 Å². The highest BCUT2D eigenvalue weighted by molar-refractivity contribution is 5.93. The summed E-state index contributed by atoms with van der Waals surface area (Å²) in [6, 6.07) is 8.70. The third kappa shape index (κ3) is 4.42. The number of nitrogens with zero attached hydrogens (tertiary/aromatic N) is 4. The normalized spacial score (nSPS) is 42.3. The monoisotopic (exact) mass is 645 g/mol. The molecule has 1 aromatic carbocycles. The molecule has 0 aromatic heterocycles. The smallest absolute Gasteiger partial charge is 0.338 e. The van der Waals surface area contributed by atoms with E-state index in [0.717, 1.165) is 12.8 Å². The number of esters is 1. The lowest BCUT2D eigenvalue weighted by atomic mass is 9.41. The molecule has 2 spiro atoms. The van der Waals surface area contributed by atoms with Crippen molar-refractivity contribution in [3.05, 3.63) is 46.3 Å². The quantitative estimate of drug-likeness (QED) is 0.159. The molecule has 5 aliphatic carbocycles. The Hall–Kier alpha value is -3.23. The van der Waals surface area contributed by atoms with Crippen molar-refractivity contribution in [2.75, 3.05) is 14.1 Å². The van der Waals surface area contributed by atoms with Crippen LogP contribution < -0.4 is 5.32 Å². The van der Waals surface area contributed by atoms with Gasteiger partial charge in [-0.25, -0.2) is 4.79 Å². The summed E-state index contributed by atoms with van der Waals surface area (Å²) in [6.07, 6.45) is 4.15. The first kappa shape index (κ1) is 33.7. The van der Waals surface area contributed by atoms with Crippen molar-refractivity contribution in [3.63, 3.8) is 0 Å². The van der Waals surface area contributed by atoms with Crippen LogP contribution in [0.5, 0.6) is 0 Å². The van der Waals surface area contributed by atoms with Crippen LogP contribution in [0.15, 0.2) is 35.4 Å². The predicted molar refractivity (Wildman–Crippen MR) is 177 cm³/mol. The molecule has 0 unspecified atom stereocenters. The van der Waals surface area contributed by atoms with Gasteiger partial charge >= 0.3 is 5.97 Å². The zero-order valence-electron chi connectivity index (χ0n) is 29.2. The molecule has 11 atom stereocenters. The number of azide groups is 1. The van der Waals surface area contributed by atoms with Crippen molar-refractivity contribution in [1.82, 2.24) is 10.2 Å². The van der Waals surface area contributed by atoms with Gasteiger partial charge in [-0.3, -0.25) is 14.4 Å². The van der Waals surface area contributed by atoms with Crippen molar-refractivity contribution in [2.45, 2.75) is 105 Å². The van der Waals surface area contributed by atoms with Crippen LogP contribution in [0.4, 0.5) is 0 Å². The van der Waals surface area contributed by atoms with E-state index in [-0.39, 0.29) is 58.9 Å². The lowest BCUT2D eigenvalue weighted by Gasteiger charge is -2.62. The second-order valence-electron chi connectivity index (χ2n) is 16.7. The topological polar surface area (TPSA) is 142 Å². The van der Waals surface area contributed by atoms with Crippen LogP contribution in [0.3, 0.4) is 0 Å². The number of ether oxygens (including phenoxy) is 1. The average Bonchev–Trinajstić information content (AvgIpc) is 3.66. The number of benzene rings is 1. The van der Waals surface area contributed by atoms with Crippen molar-refractivity contribution >= 4 is 23.6 Å². The Morgan fingerprint density at radius 3 is 2.30 bits per heavy atom. The van der Waals surface area contributed by atoms with Gasteiger partial charge in [0, 0.05) is 40.7 Å². The second-order valence-corrected chi connectivity index (χ2v) is 16.7. The van der Waals surface area contributed by atoms with Gasteiger partial charge < -0.3 is 15.0 Å². The summed E-state index contributed by atoms with van der Waals surface area (Å²) in [7, 11) is 4.09. The highest BCUT2D eigenvalue weighted by Crippen LogP contribution is 2.88. The first-order chi connectivity index (χ1) is 22.0. The first-order valence-corrected chi connectivity index (χ1v) is 17.4. The zero-order chi connectivity index (χ0) is 34.3. The van der Waals surface area contributed by atoms with E-state index in [1.807, 2.05) is 53.1 Å². The molecule has 5 aliphatic rings. The van der Waals surface area contributed by atoms with E-state index in [4.69, 9.17) is 4.74 Å². The van der Waals surface area contributed by atoms with E-state index in [1.54, 1.807) is 12.1 Å². The minimum absolute atomic E-state index is 0.0531. The number of carbonyl (C=O) groups excluding carboxylic acids is 4. The molecule has 0 aliphatic heterocycles. The van der Waals surface area contributed by atoms with Crippen LogP contribution in [0.25, 0.3) is 10.4 Å². The summed E-state index contributed by atoms with van der Waals surface area (Å²) in [4.78, 5) is 60.2. The molecule has 1 N–H and O–H groups in total. The van der Waals surface area contributed by atoms with E-state index >= 15 is 0 Å². The number of carbonyl (C=O) groups is 4. The number of Topliss-reactive ketones (excluding diaryl/α,β-unsaturated/α-hetero) is 1. The fraction of sp³-hybridized carbons (Fsp3) is 0.730. The van der Waals surface area contributed by atoms with Crippen LogP contribution in [0.1, 0.15) is 96.8 Å². The van der Waals surface area contributed by atoms with Gasteiger partial charge in [0.25, 0.3) is 0 Å². The molecule has 0 heterocycles. The Balaban J connectivity index is 1.39. The molecule has 0 radical (unpaired) electrons. The van der Waals surface area contributed by atoms with Crippen LogP contribution in [-0.4, -0.2) is 60.7 Å². The minimum atomic E-state index is -1.11. The molecule has 10 nitrogen and oxygen atoms in total. The third-order valence-electron chi connectivity index (χ3n) is 14.6. The second kappa shape index (κ2) is 11.2. The molecule has 47 heavy (non-hydrogen) atoms. The molecule has 2 amide bonds. The summed E-state index contributed by atoms with van der Waals surface area (Å²) in [5.74, 6) is -1.19. The lowest BCUT2D eigenvalue weighted by molar-refractivity contribution is -0.174. The highest BCUT2D eigenvalue weighted by atomic mass is 16.5. The van der Waals surface area contributed by atoms with E-state index in [9.17, 15) is 24.7 Å². The number of hydrogen-bond acceptors (Lipinski definition) is 6. The van der Waals surface area contributed by atoms with E-state index in [1.165, 1.54) is 0 Å². The maximum Gasteiger partial charge on any atom is 0.338 e. The van der Waals surface area contributed by atoms with Crippen LogP contribution in [0, 0.1) is 50.7 Å². The van der Waals surface area contributed by atoms with Crippen LogP contribution >= 0.6 is 0 Å². The zero-order valence-corrected chi connectivity index (χ0v) is 29.2. The number of ketones is 1. The molecule has 5 saturated carbocycles. The largest absolute Gasteiger partial charge is 0.458 e. The average molecular weight is 646 g/mol. The van der Waals surface area contributed by atoms with Gasteiger partial charge in [-0.15, -0.1) is 0 Å².